The lowest BCUT2D eigenvalue weighted by Crippen LogP contribution is -2.29. The molecule has 2 nitrogen and oxygen atoms in total. The molecule has 0 saturated heterocycles. The molecule has 1 aromatic heterocycles. The Morgan fingerprint density at radius 3 is 3.05 bits per heavy atom. The Labute approximate surface area is 118 Å². The Morgan fingerprint density at radius 2 is 2.32 bits per heavy atom. The van der Waals surface area contributed by atoms with Crippen molar-refractivity contribution >= 4 is 0 Å². The second kappa shape index (κ2) is 7.74. The average molecular weight is 263 g/mol. The number of hydrogen-bond acceptors (Lipinski definition) is 2. The molecule has 1 aromatic rings. The van der Waals surface area contributed by atoms with Crippen molar-refractivity contribution < 1.29 is 4.42 Å². The number of furan rings is 1. The Kier molecular flexibility index (Phi) is 5.96. The molecule has 1 aliphatic rings. The summed E-state index contributed by atoms with van der Waals surface area (Å²) in [6.07, 6.45) is 11.1. The summed E-state index contributed by atoms with van der Waals surface area (Å²) >= 11 is 0. The van der Waals surface area contributed by atoms with E-state index in [1.165, 1.54) is 38.6 Å². The highest BCUT2D eigenvalue weighted by Gasteiger charge is 2.18. The minimum Gasteiger partial charge on any atom is -0.469 e. The van der Waals surface area contributed by atoms with Gasteiger partial charge in [0.2, 0.25) is 0 Å². The Balaban J connectivity index is 1.54. The molecule has 3 unspecified atom stereocenters. The van der Waals surface area contributed by atoms with Crippen molar-refractivity contribution in [1.29, 1.82) is 0 Å². The summed E-state index contributed by atoms with van der Waals surface area (Å²) in [4.78, 5) is 0. The minimum atomic E-state index is 0.589. The summed E-state index contributed by atoms with van der Waals surface area (Å²) in [5, 5.41) is 3.67. The summed E-state index contributed by atoms with van der Waals surface area (Å²) in [5.74, 6) is 3.03. The van der Waals surface area contributed by atoms with E-state index in [2.05, 4.69) is 25.2 Å². The normalized spacial score (nSPS) is 25.4. The van der Waals surface area contributed by atoms with E-state index in [0.717, 1.165) is 30.4 Å². The summed E-state index contributed by atoms with van der Waals surface area (Å²) < 4.78 is 5.37. The van der Waals surface area contributed by atoms with Crippen molar-refractivity contribution in [1.82, 2.24) is 5.32 Å². The predicted octanol–water partition coefficient (Wildman–Crippen LogP) is 4.41. The lowest BCUT2D eigenvalue weighted by Gasteiger charge is -2.27. The summed E-state index contributed by atoms with van der Waals surface area (Å²) in [6.45, 7) is 5.87. The molecule has 108 valence electrons. The van der Waals surface area contributed by atoms with Crippen LogP contribution < -0.4 is 5.32 Å². The maximum atomic E-state index is 5.37. The van der Waals surface area contributed by atoms with E-state index in [9.17, 15) is 0 Å². The SMILES string of the molecule is CC1CCCC(CCNC(C)CCc2ccco2)C1. The molecule has 0 aliphatic heterocycles. The van der Waals surface area contributed by atoms with Gasteiger partial charge in [0, 0.05) is 12.5 Å². The van der Waals surface area contributed by atoms with Gasteiger partial charge < -0.3 is 9.73 Å². The van der Waals surface area contributed by atoms with Crippen LogP contribution in [0.5, 0.6) is 0 Å². The van der Waals surface area contributed by atoms with Crippen molar-refractivity contribution in [2.24, 2.45) is 11.8 Å². The zero-order valence-corrected chi connectivity index (χ0v) is 12.5. The first kappa shape index (κ1) is 14.6. The first-order valence-corrected chi connectivity index (χ1v) is 8.00. The van der Waals surface area contributed by atoms with Gasteiger partial charge in [-0.1, -0.05) is 26.2 Å². The van der Waals surface area contributed by atoms with E-state index < -0.39 is 0 Å². The molecule has 1 saturated carbocycles. The van der Waals surface area contributed by atoms with Gasteiger partial charge in [0.05, 0.1) is 6.26 Å². The Morgan fingerprint density at radius 1 is 1.42 bits per heavy atom. The third kappa shape index (κ3) is 5.40. The van der Waals surface area contributed by atoms with Gasteiger partial charge in [0.25, 0.3) is 0 Å². The second-order valence-electron chi connectivity index (χ2n) is 6.40. The lowest BCUT2D eigenvalue weighted by atomic mass is 9.81. The monoisotopic (exact) mass is 263 g/mol. The first-order valence-electron chi connectivity index (χ1n) is 8.00. The molecule has 2 rings (SSSR count). The third-order valence-electron chi connectivity index (χ3n) is 4.49. The Hall–Kier alpha value is -0.760. The number of nitrogens with one attached hydrogen (secondary N) is 1. The summed E-state index contributed by atoms with van der Waals surface area (Å²) in [5.41, 5.74) is 0. The van der Waals surface area contributed by atoms with Crippen LogP contribution in [0.25, 0.3) is 0 Å². The van der Waals surface area contributed by atoms with Crippen LogP contribution in [-0.4, -0.2) is 12.6 Å². The number of hydrogen-bond donors (Lipinski definition) is 1. The standard InChI is InChI=1S/C17H29NO/c1-14-5-3-6-16(13-14)10-11-18-15(2)8-9-17-7-4-12-19-17/h4,7,12,14-16,18H,3,5-6,8-11,13H2,1-2H3. The fourth-order valence-electron chi connectivity index (χ4n) is 3.27. The maximum absolute atomic E-state index is 5.37. The third-order valence-corrected chi connectivity index (χ3v) is 4.49. The second-order valence-corrected chi connectivity index (χ2v) is 6.40. The van der Waals surface area contributed by atoms with Gasteiger partial charge in [0.1, 0.15) is 5.76 Å². The zero-order chi connectivity index (χ0) is 13.5. The summed E-state index contributed by atoms with van der Waals surface area (Å²) in [6, 6.07) is 4.62. The predicted molar refractivity (Wildman–Crippen MR) is 80.2 cm³/mol. The minimum absolute atomic E-state index is 0.589. The van der Waals surface area contributed by atoms with E-state index in [1.54, 1.807) is 6.26 Å². The van der Waals surface area contributed by atoms with Crippen LogP contribution in [-0.2, 0) is 6.42 Å². The van der Waals surface area contributed by atoms with Crippen molar-refractivity contribution in [3.05, 3.63) is 24.2 Å². The molecule has 3 atom stereocenters. The van der Waals surface area contributed by atoms with Crippen molar-refractivity contribution in [2.75, 3.05) is 6.54 Å². The number of rotatable bonds is 7. The quantitative estimate of drug-likeness (QED) is 0.788. The van der Waals surface area contributed by atoms with E-state index >= 15 is 0 Å². The molecule has 1 N–H and O–H groups in total. The molecule has 0 amide bonds. The van der Waals surface area contributed by atoms with Crippen LogP contribution in [0.4, 0.5) is 0 Å². The molecule has 19 heavy (non-hydrogen) atoms. The van der Waals surface area contributed by atoms with Gasteiger partial charge in [-0.15, -0.1) is 0 Å². The van der Waals surface area contributed by atoms with Gasteiger partial charge in [-0.2, -0.15) is 0 Å². The van der Waals surface area contributed by atoms with Gasteiger partial charge in [-0.3, -0.25) is 0 Å². The molecular formula is C17H29NO. The Bertz CT molecular complexity index is 333. The fourth-order valence-corrected chi connectivity index (χ4v) is 3.27. The van der Waals surface area contributed by atoms with Gasteiger partial charge >= 0.3 is 0 Å². The zero-order valence-electron chi connectivity index (χ0n) is 12.5. The number of aryl methyl sites for hydroxylation is 1. The van der Waals surface area contributed by atoms with Crippen LogP contribution in [0.2, 0.25) is 0 Å². The van der Waals surface area contributed by atoms with Gasteiger partial charge in [-0.25, -0.2) is 0 Å². The molecular weight excluding hydrogens is 234 g/mol. The van der Waals surface area contributed by atoms with Crippen LogP contribution in [0.1, 0.15) is 58.1 Å². The molecule has 1 heterocycles. The van der Waals surface area contributed by atoms with Crippen LogP contribution >= 0.6 is 0 Å². The average Bonchev–Trinajstić information content (AvgIpc) is 2.89. The maximum Gasteiger partial charge on any atom is 0.103 e. The molecule has 0 aromatic carbocycles. The van der Waals surface area contributed by atoms with Crippen molar-refractivity contribution in [3.63, 3.8) is 0 Å². The molecule has 2 heteroatoms. The molecule has 1 aliphatic carbocycles. The van der Waals surface area contributed by atoms with Gasteiger partial charge in [-0.05, 0) is 56.7 Å². The van der Waals surface area contributed by atoms with E-state index in [0.29, 0.717) is 6.04 Å². The smallest absolute Gasteiger partial charge is 0.103 e. The highest BCUT2D eigenvalue weighted by atomic mass is 16.3. The molecule has 0 radical (unpaired) electrons. The largest absolute Gasteiger partial charge is 0.469 e. The highest BCUT2D eigenvalue weighted by molar-refractivity contribution is 4.98. The van der Waals surface area contributed by atoms with Crippen LogP contribution in [0.15, 0.2) is 22.8 Å². The molecule has 0 spiro atoms. The highest BCUT2D eigenvalue weighted by Crippen LogP contribution is 2.30. The van der Waals surface area contributed by atoms with Crippen LogP contribution in [0.3, 0.4) is 0 Å². The van der Waals surface area contributed by atoms with Crippen LogP contribution in [0, 0.1) is 11.8 Å². The molecule has 0 bridgehead atoms. The fraction of sp³-hybridized carbons (Fsp3) is 0.765. The van der Waals surface area contributed by atoms with E-state index in [-0.39, 0.29) is 0 Å². The molecule has 1 fully saturated rings. The van der Waals surface area contributed by atoms with Crippen molar-refractivity contribution in [3.8, 4) is 0 Å². The van der Waals surface area contributed by atoms with E-state index in [4.69, 9.17) is 4.42 Å². The summed E-state index contributed by atoms with van der Waals surface area (Å²) in [7, 11) is 0. The lowest BCUT2D eigenvalue weighted by molar-refractivity contribution is 0.265. The topological polar surface area (TPSA) is 25.2 Å². The van der Waals surface area contributed by atoms with Gasteiger partial charge in [0.15, 0.2) is 0 Å². The van der Waals surface area contributed by atoms with E-state index in [1.807, 2.05) is 6.07 Å². The van der Waals surface area contributed by atoms with Crippen molar-refractivity contribution in [2.45, 2.75) is 64.8 Å². The first-order chi connectivity index (χ1) is 9.24.